The van der Waals surface area contributed by atoms with Gasteiger partial charge in [-0.15, -0.1) is 0 Å². The molecule has 16 heavy (non-hydrogen) atoms. The molecule has 1 rings (SSSR count). The Labute approximate surface area is 95.2 Å². The van der Waals surface area contributed by atoms with E-state index in [2.05, 4.69) is 5.32 Å². The molecule has 0 bridgehead atoms. The van der Waals surface area contributed by atoms with Crippen LogP contribution in [0.5, 0.6) is 0 Å². The van der Waals surface area contributed by atoms with E-state index in [4.69, 9.17) is 0 Å². The van der Waals surface area contributed by atoms with Crippen molar-refractivity contribution in [2.75, 3.05) is 6.54 Å². The summed E-state index contributed by atoms with van der Waals surface area (Å²) in [5.74, 6) is -0.0367. The number of hydrogen-bond acceptors (Lipinski definition) is 2. The Kier molecular flexibility index (Phi) is 4.65. The lowest BCUT2D eigenvalue weighted by atomic mass is 10.1. The highest BCUT2D eigenvalue weighted by molar-refractivity contribution is 5.84. The van der Waals surface area contributed by atoms with Crippen LogP contribution in [0.25, 0.3) is 0 Å². The fourth-order valence-corrected chi connectivity index (χ4v) is 2.10. The first-order valence-electron chi connectivity index (χ1n) is 5.82. The maximum Gasteiger partial charge on any atom is 0.255 e. The van der Waals surface area contributed by atoms with Gasteiger partial charge < -0.3 is 4.90 Å². The zero-order chi connectivity index (χ0) is 12.3. The Hall–Kier alpha value is -0.710. The molecule has 0 saturated carbocycles. The van der Waals surface area contributed by atoms with Crippen LogP contribution >= 0.6 is 0 Å². The molecule has 94 valence electrons. The van der Waals surface area contributed by atoms with Gasteiger partial charge in [0.25, 0.3) is 6.43 Å². The van der Waals surface area contributed by atoms with E-state index in [9.17, 15) is 13.6 Å². The third kappa shape index (κ3) is 2.90. The fraction of sp³-hybridized carbons (Fsp3) is 0.909. The Morgan fingerprint density at radius 3 is 2.50 bits per heavy atom. The van der Waals surface area contributed by atoms with Gasteiger partial charge in [0.05, 0.1) is 18.8 Å². The number of nitrogens with zero attached hydrogens (tertiary/aromatic N) is 1. The lowest BCUT2D eigenvalue weighted by molar-refractivity contribution is -0.132. The van der Waals surface area contributed by atoms with Crippen molar-refractivity contribution in [2.45, 2.75) is 52.2 Å². The van der Waals surface area contributed by atoms with Gasteiger partial charge in [0.1, 0.15) is 0 Å². The molecule has 1 fully saturated rings. The molecule has 1 aliphatic rings. The summed E-state index contributed by atoms with van der Waals surface area (Å²) < 4.78 is 24.8. The van der Waals surface area contributed by atoms with Crippen molar-refractivity contribution >= 4 is 5.91 Å². The van der Waals surface area contributed by atoms with Gasteiger partial charge in [-0.1, -0.05) is 27.2 Å². The third-order valence-electron chi connectivity index (χ3n) is 2.83. The van der Waals surface area contributed by atoms with Crippen LogP contribution in [0.15, 0.2) is 0 Å². The van der Waals surface area contributed by atoms with Crippen molar-refractivity contribution < 1.29 is 13.6 Å². The van der Waals surface area contributed by atoms with Gasteiger partial charge in [0, 0.05) is 0 Å². The zero-order valence-corrected chi connectivity index (χ0v) is 10.0. The number of alkyl halides is 2. The van der Waals surface area contributed by atoms with Crippen molar-refractivity contribution in [3.63, 3.8) is 0 Å². The minimum absolute atomic E-state index is 0.143. The predicted molar refractivity (Wildman–Crippen MR) is 58.2 cm³/mol. The summed E-state index contributed by atoms with van der Waals surface area (Å²) in [6.07, 6.45) is -1.14. The quantitative estimate of drug-likeness (QED) is 0.787. The highest BCUT2D eigenvalue weighted by Crippen LogP contribution is 2.20. The molecule has 1 N–H and O–H groups in total. The van der Waals surface area contributed by atoms with Crippen molar-refractivity contribution in [1.29, 1.82) is 0 Å². The topological polar surface area (TPSA) is 32.3 Å². The first kappa shape index (κ1) is 13.4. The second kappa shape index (κ2) is 5.57. The van der Waals surface area contributed by atoms with E-state index >= 15 is 0 Å². The molecule has 1 aliphatic heterocycles. The van der Waals surface area contributed by atoms with Gasteiger partial charge in [-0.25, -0.2) is 8.78 Å². The molecule has 0 aliphatic carbocycles. The molecule has 2 atom stereocenters. The van der Waals surface area contributed by atoms with Crippen LogP contribution in [0, 0.1) is 5.92 Å². The van der Waals surface area contributed by atoms with Crippen LogP contribution in [-0.2, 0) is 4.79 Å². The van der Waals surface area contributed by atoms with Gasteiger partial charge in [-0.3, -0.25) is 10.1 Å². The fourth-order valence-electron chi connectivity index (χ4n) is 2.10. The first-order valence-corrected chi connectivity index (χ1v) is 5.82. The van der Waals surface area contributed by atoms with E-state index in [1.54, 1.807) is 0 Å². The van der Waals surface area contributed by atoms with E-state index in [1.807, 2.05) is 20.8 Å². The Morgan fingerprint density at radius 2 is 2.06 bits per heavy atom. The van der Waals surface area contributed by atoms with Gasteiger partial charge >= 0.3 is 0 Å². The summed E-state index contributed by atoms with van der Waals surface area (Å²) in [4.78, 5) is 13.2. The third-order valence-corrected chi connectivity index (χ3v) is 2.83. The van der Waals surface area contributed by atoms with Crippen molar-refractivity contribution in [1.82, 2.24) is 10.2 Å². The van der Waals surface area contributed by atoms with Gasteiger partial charge in [0.15, 0.2) is 0 Å². The molecule has 0 aromatic heterocycles. The maximum absolute atomic E-state index is 12.4. The van der Waals surface area contributed by atoms with E-state index in [-0.39, 0.29) is 24.0 Å². The number of carbonyl (C=O) groups excluding carboxylic acids is 1. The Bertz CT molecular complexity index is 246. The smallest absolute Gasteiger partial charge is 0.255 e. The molecule has 0 spiro atoms. The molecular formula is C11H20F2N2O. The number of amides is 1. The summed E-state index contributed by atoms with van der Waals surface area (Å²) in [5.41, 5.74) is 0. The normalized spacial score (nSPS) is 26.2. The van der Waals surface area contributed by atoms with Crippen LogP contribution in [-0.4, -0.2) is 36.0 Å². The molecule has 1 saturated heterocycles. The molecule has 0 radical (unpaired) electrons. The summed E-state index contributed by atoms with van der Waals surface area (Å²) in [6.45, 7) is 5.37. The molecule has 1 heterocycles. The van der Waals surface area contributed by atoms with Crippen LogP contribution < -0.4 is 5.32 Å². The van der Waals surface area contributed by atoms with Crippen LogP contribution in [0.2, 0.25) is 0 Å². The number of halogens is 2. The zero-order valence-electron chi connectivity index (χ0n) is 10.0. The monoisotopic (exact) mass is 234 g/mol. The molecule has 0 aromatic carbocycles. The summed E-state index contributed by atoms with van der Waals surface area (Å²) in [5, 5.41) is 3.14. The average Bonchev–Trinajstić information content (AvgIpc) is 2.46. The number of nitrogens with one attached hydrogen (secondary N) is 1. The summed E-state index contributed by atoms with van der Waals surface area (Å²) in [7, 11) is 0. The molecule has 0 aromatic rings. The first-order chi connectivity index (χ1) is 7.47. The molecule has 2 unspecified atom stereocenters. The number of carbonyl (C=O) groups is 1. The van der Waals surface area contributed by atoms with E-state index in [1.165, 1.54) is 4.90 Å². The predicted octanol–water partition coefficient (Wildman–Crippen LogP) is 1.83. The minimum atomic E-state index is -2.47. The van der Waals surface area contributed by atoms with Crippen molar-refractivity contribution in [3.8, 4) is 0 Å². The van der Waals surface area contributed by atoms with E-state index < -0.39 is 13.0 Å². The standard InChI is InChI=1S/C11H20F2N2O/c1-4-5-8-11(16)15(6-9(12)13)10(14-8)7(2)3/h7-10,14H,4-6H2,1-3H3. The molecule has 5 heteroatoms. The van der Waals surface area contributed by atoms with Crippen molar-refractivity contribution in [2.24, 2.45) is 5.92 Å². The SMILES string of the molecule is CCCC1NC(C(C)C)N(CC(F)F)C1=O. The number of hydrogen-bond donors (Lipinski definition) is 1. The van der Waals surface area contributed by atoms with Crippen LogP contribution in [0.1, 0.15) is 33.6 Å². The highest BCUT2D eigenvalue weighted by atomic mass is 19.3. The number of rotatable bonds is 5. The Morgan fingerprint density at radius 1 is 1.44 bits per heavy atom. The van der Waals surface area contributed by atoms with Crippen LogP contribution in [0.4, 0.5) is 8.78 Å². The van der Waals surface area contributed by atoms with E-state index in [0.29, 0.717) is 6.42 Å². The van der Waals surface area contributed by atoms with Gasteiger partial charge in [-0.05, 0) is 12.3 Å². The lowest BCUT2D eigenvalue weighted by Crippen LogP contribution is -2.43. The maximum atomic E-state index is 12.4. The van der Waals surface area contributed by atoms with Gasteiger partial charge in [0.2, 0.25) is 5.91 Å². The Balaban J connectivity index is 2.72. The van der Waals surface area contributed by atoms with Crippen molar-refractivity contribution in [3.05, 3.63) is 0 Å². The summed E-state index contributed by atoms with van der Waals surface area (Å²) >= 11 is 0. The second-order valence-corrected chi connectivity index (χ2v) is 4.58. The minimum Gasteiger partial charge on any atom is -0.320 e. The van der Waals surface area contributed by atoms with Gasteiger partial charge in [-0.2, -0.15) is 0 Å². The lowest BCUT2D eigenvalue weighted by Gasteiger charge is -2.26. The summed E-state index contributed by atoms with van der Waals surface area (Å²) in [6, 6.07) is -0.281. The van der Waals surface area contributed by atoms with Crippen LogP contribution in [0.3, 0.4) is 0 Å². The second-order valence-electron chi connectivity index (χ2n) is 4.58. The largest absolute Gasteiger partial charge is 0.320 e. The molecule has 1 amide bonds. The molecular weight excluding hydrogens is 214 g/mol. The average molecular weight is 234 g/mol. The highest BCUT2D eigenvalue weighted by Gasteiger charge is 2.40. The van der Waals surface area contributed by atoms with E-state index in [0.717, 1.165) is 6.42 Å². The molecule has 3 nitrogen and oxygen atoms in total.